The van der Waals surface area contributed by atoms with E-state index in [2.05, 4.69) is 36.8 Å². The summed E-state index contributed by atoms with van der Waals surface area (Å²) in [4.78, 5) is 25.4. The van der Waals surface area contributed by atoms with E-state index in [1.165, 1.54) is 10.9 Å². The van der Waals surface area contributed by atoms with Crippen LogP contribution in [0.5, 0.6) is 0 Å². The number of nitrogens with zero attached hydrogens (tertiary/aromatic N) is 4. The molecular weight excluding hydrogens is 464 g/mol. The fourth-order valence-corrected chi connectivity index (χ4v) is 3.36. The van der Waals surface area contributed by atoms with Crippen LogP contribution in [-0.2, 0) is 20.1 Å². The molecule has 2 amide bonds. The van der Waals surface area contributed by atoms with Gasteiger partial charge in [0.05, 0.1) is 35.7 Å². The van der Waals surface area contributed by atoms with Crippen molar-refractivity contribution in [2.45, 2.75) is 13.1 Å². The van der Waals surface area contributed by atoms with Crippen LogP contribution in [0.4, 0.5) is 5.69 Å². The molecule has 31 heavy (non-hydrogen) atoms. The van der Waals surface area contributed by atoms with Gasteiger partial charge in [-0.1, -0.05) is 12.1 Å². The van der Waals surface area contributed by atoms with Gasteiger partial charge in [-0.25, -0.2) is 0 Å². The number of benzene rings is 1. The van der Waals surface area contributed by atoms with Crippen LogP contribution in [0.25, 0.3) is 0 Å². The molecule has 4 rings (SSSR count). The average Bonchev–Trinajstić information content (AvgIpc) is 3.48. The van der Waals surface area contributed by atoms with Gasteiger partial charge in [-0.3, -0.25) is 19.0 Å². The number of aromatic nitrogens is 4. The molecule has 0 radical (unpaired) electrons. The fraction of sp³-hybridized carbons (Fsp3) is 0.143. The summed E-state index contributed by atoms with van der Waals surface area (Å²) in [5, 5.41) is 13.9. The van der Waals surface area contributed by atoms with Gasteiger partial charge in [0, 0.05) is 25.0 Å². The normalized spacial score (nSPS) is 10.8. The highest BCUT2D eigenvalue weighted by Gasteiger charge is 2.19. The molecule has 0 atom stereocenters. The zero-order chi connectivity index (χ0) is 21.8. The van der Waals surface area contributed by atoms with E-state index in [0.717, 1.165) is 10.0 Å². The molecule has 0 saturated carbocycles. The third kappa shape index (κ3) is 5.10. The van der Waals surface area contributed by atoms with Crippen molar-refractivity contribution in [3.05, 3.63) is 88.3 Å². The second-order valence-corrected chi connectivity index (χ2v) is 7.75. The number of rotatable bonds is 7. The van der Waals surface area contributed by atoms with Gasteiger partial charge in [-0.15, -0.1) is 0 Å². The molecule has 0 aliphatic rings. The average molecular weight is 483 g/mol. The second kappa shape index (κ2) is 9.00. The predicted octanol–water partition coefficient (Wildman–Crippen LogP) is 3.20. The van der Waals surface area contributed by atoms with Crippen molar-refractivity contribution in [1.82, 2.24) is 24.9 Å². The Hall–Kier alpha value is -3.66. The molecular formula is C21H19BrN6O3. The largest absolute Gasteiger partial charge is 0.467 e. The number of nitrogens with one attached hydrogen (secondary N) is 2. The van der Waals surface area contributed by atoms with Crippen molar-refractivity contribution in [2.75, 3.05) is 5.32 Å². The first-order valence-electron chi connectivity index (χ1n) is 9.40. The summed E-state index contributed by atoms with van der Waals surface area (Å²) in [6.45, 7) is 0.751. The quantitative estimate of drug-likeness (QED) is 0.420. The maximum atomic E-state index is 12.8. The minimum absolute atomic E-state index is 0.125. The summed E-state index contributed by atoms with van der Waals surface area (Å²) < 4.78 is 9.34. The van der Waals surface area contributed by atoms with Gasteiger partial charge in [0.15, 0.2) is 5.69 Å². The molecule has 1 aromatic carbocycles. The van der Waals surface area contributed by atoms with Crippen molar-refractivity contribution < 1.29 is 14.0 Å². The van der Waals surface area contributed by atoms with Crippen LogP contribution in [0, 0.1) is 0 Å². The minimum atomic E-state index is -0.412. The first kappa shape index (κ1) is 20.6. The lowest BCUT2D eigenvalue weighted by molar-refractivity contribution is 0.0943. The van der Waals surface area contributed by atoms with E-state index in [-0.39, 0.29) is 18.1 Å². The van der Waals surface area contributed by atoms with E-state index in [4.69, 9.17) is 4.42 Å². The number of carbonyl (C=O) groups excluding carboxylic acids is 2. The summed E-state index contributed by atoms with van der Waals surface area (Å²) in [5.41, 5.74) is 1.84. The molecule has 0 bridgehead atoms. The number of furan rings is 1. The van der Waals surface area contributed by atoms with Crippen molar-refractivity contribution in [1.29, 1.82) is 0 Å². The standard InChI is InChI=1S/C21H19BrN6O3/c1-27-13-18(19(26-27)21(30)23-10-17-6-3-7-31-17)25-20(29)15-5-2-4-14(8-15)11-28-12-16(22)9-24-28/h2-9,12-13H,10-11H2,1H3,(H,23,30)(H,25,29). The Balaban J connectivity index is 1.46. The minimum Gasteiger partial charge on any atom is -0.467 e. The molecule has 158 valence electrons. The number of amides is 2. The van der Waals surface area contributed by atoms with Crippen LogP contribution in [0.15, 0.2) is 70.1 Å². The molecule has 0 saturated heterocycles. The molecule has 3 heterocycles. The lowest BCUT2D eigenvalue weighted by atomic mass is 10.1. The monoisotopic (exact) mass is 482 g/mol. The van der Waals surface area contributed by atoms with Crippen LogP contribution in [-0.4, -0.2) is 31.4 Å². The van der Waals surface area contributed by atoms with Crippen molar-refractivity contribution in [3.63, 3.8) is 0 Å². The summed E-state index contributed by atoms with van der Waals surface area (Å²) >= 11 is 3.37. The number of halogens is 1. The lowest BCUT2D eigenvalue weighted by Gasteiger charge is -2.08. The third-order valence-electron chi connectivity index (χ3n) is 4.43. The summed E-state index contributed by atoms with van der Waals surface area (Å²) in [6.07, 6.45) is 6.69. The summed E-state index contributed by atoms with van der Waals surface area (Å²) in [6, 6.07) is 10.7. The molecule has 10 heteroatoms. The number of hydrogen-bond acceptors (Lipinski definition) is 5. The number of aryl methyl sites for hydroxylation is 1. The topological polar surface area (TPSA) is 107 Å². The Labute approximate surface area is 186 Å². The zero-order valence-electron chi connectivity index (χ0n) is 16.6. The van der Waals surface area contributed by atoms with E-state index in [1.54, 1.807) is 48.4 Å². The van der Waals surface area contributed by atoms with E-state index in [9.17, 15) is 9.59 Å². The first-order valence-corrected chi connectivity index (χ1v) is 10.2. The van der Waals surface area contributed by atoms with Gasteiger partial charge >= 0.3 is 0 Å². The van der Waals surface area contributed by atoms with Crippen LogP contribution >= 0.6 is 15.9 Å². The molecule has 0 aliphatic heterocycles. The molecule has 2 N–H and O–H groups in total. The van der Waals surface area contributed by atoms with Gasteiger partial charge in [0.25, 0.3) is 11.8 Å². The smallest absolute Gasteiger partial charge is 0.274 e. The first-order chi connectivity index (χ1) is 15.0. The maximum absolute atomic E-state index is 12.8. The van der Waals surface area contributed by atoms with Crippen LogP contribution < -0.4 is 10.6 Å². The zero-order valence-corrected chi connectivity index (χ0v) is 18.2. The Kier molecular flexibility index (Phi) is 5.99. The van der Waals surface area contributed by atoms with E-state index in [0.29, 0.717) is 23.6 Å². The van der Waals surface area contributed by atoms with E-state index < -0.39 is 5.91 Å². The molecule has 9 nitrogen and oxygen atoms in total. The van der Waals surface area contributed by atoms with Gasteiger partial charge in [-0.05, 0) is 45.8 Å². The van der Waals surface area contributed by atoms with Crippen LogP contribution in [0.2, 0.25) is 0 Å². The Morgan fingerprint density at radius 3 is 2.77 bits per heavy atom. The van der Waals surface area contributed by atoms with Crippen molar-refractivity contribution in [3.8, 4) is 0 Å². The number of carbonyl (C=O) groups is 2. The number of hydrogen-bond donors (Lipinski definition) is 2. The van der Waals surface area contributed by atoms with E-state index in [1.807, 2.05) is 18.3 Å². The fourth-order valence-electron chi connectivity index (χ4n) is 3.03. The third-order valence-corrected chi connectivity index (χ3v) is 4.84. The highest BCUT2D eigenvalue weighted by Crippen LogP contribution is 2.16. The van der Waals surface area contributed by atoms with Crippen molar-refractivity contribution in [2.24, 2.45) is 7.05 Å². The molecule has 0 fully saturated rings. The Morgan fingerprint density at radius 2 is 2.03 bits per heavy atom. The Bertz CT molecular complexity index is 1210. The second-order valence-electron chi connectivity index (χ2n) is 6.84. The van der Waals surface area contributed by atoms with E-state index >= 15 is 0 Å². The van der Waals surface area contributed by atoms with Gasteiger partial charge in [0.1, 0.15) is 5.76 Å². The van der Waals surface area contributed by atoms with Gasteiger partial charge in [0.2, 0.25) is 0 Å². The highest BCUT2D eigenvalue weighted by molar-refractivity contribution is 9.10. The SMILES string of the molecule is Cn1cc(NC(=O)c2cccc(Cn3cc(Br)cn3)c2)c(C(=O)NCc2ccco2)n1. The molecule has 3 aromatic heterocycles. The van der Waals surface area contributed by atoms with Crippen LogP contribution in [0.3, 0.4) is 0 Å². The van der Waals surface area contributed by atoms with Gasteiger partial charge in [-0.2, -0.15) is 10.2 Å². The van der Waals surface area contributed by atoms with Crippen LogP contribution in [0.1, 0.15) is 32.2 Å². The highest BCUT2D eigenvalue weighted by atomic mass is 79.9. The van der Waals surface area contributed by atoms with Gasteiger partial charge < -0.3 is 15.1 Å². The molecule has 4 aromatic rings. The molecule has 0 unspecified atom stereocenters. The predicted molar refractivity (Wildman–Crippen MR) is 117 cm³/mol. The summed E-state index contributed by atoms with van der Waals surface area (Å²) in [7, 11) is 1.68. The lowest BCUT2D eigenvalue weighted by Crippen LogP contribution is -2.25. The summed E-state index contributed by atoms with van der Waals surface area (Å²) in [5.74, 6) is -0.127. The number of anilines is 1. The molecule has 0 spiro atoms. The van der Waals surface area contributed by atoms with Crippen molar-refractivity contribution >= 4 is 33.4 Å². The Morgan fingerprint density at radius 1 is 1.16 bits per heavy atom. The molecule has 0 aliphatic carbocycles. The maximum Gasteiger partial charge on any atom is 0.274 e.